The largest absolute Gasteiger partial charge is 0.493 e. The van der Waals surface area contributed by atoms with Crippen LogP contribution in [0.4, 0.5) is 0 Å². The van der Waals surface area contributed by atoms with E-state index in [2.05, 4.69) is 10.3 Å². The van der Waals surface area contributed by atoms with Gasteiger partial charge in [-0.15, -0.1) is 11.8 Å². The Balaban J connectivity index is 1.47. The second kappa shape index (κ2) is 12.2. The number of rotatable bonds is 12. The Morgan fingerprint density at radius 1 is 0.941 bits per heavy atom. The Bertz CT molecular complexity index is 1110. The van der Waals surface area contributed by atoms with Crippen LogP contribution >= 0.6 is 11.8 Å². The molecular weight excluding hydrogens is 456 g/mol. The normalized spacial score (nSPS) is 10.6. The number of nitrogens with zero attached hydrogens (tertiary/aromatic N) is 1. The first-order valence-electron chi connectivity index (χ1n) is 10.7. The minimum absolute atomic E-state index is 0.0215. The predicted octanol–water partition coefficient (Wildman–Crippen LogP) is 4.28. The number of methoxy groups -OCH3 is 4. The summed E-state index contributed by atoms with van der Waals surface area (Å²) in [6, 6.07) is 11.3. The summed E-state index contributed by atoms with van der Waals surface area (Å²) in [5.74, 6) is 4.74. The van der Waals surface area contributed by atoms with Crippen LogP contribution in [0.3, 0.4) is 0 Å². The van der Waals surface area contributed by atoms with Gasteiger partial charge in [-0.1, -0.05) is 6.07 Å². The molecule has 0 unspecified atom stereocenters. The molecule has 0 aliphatic heterocycles. The first-order chi connectivity index (χ1) is 16.5. The predicted molar refractivity (Wildman–Crippen MR) is 132 cm³/mol. The first-order valence-corrected chi connectivity index (χ1v) is 11.9. The second-order valence-electron chi connectivity index (χ2n) is 7.37. The molecule has 1 heterocycles. The van der Waals surface area contributed by atoms with Crippen LogP contribution in [0.2, 0.25) is 0 Å². The molecule has 0 atom stereocenters. The van der Waals surface area contributed by atoms with Crippen molar-refractivity contribution in [1.82, 2.24) is 10.3 Å². The van der Waals surface area contributed by atoms with E-state index in [0.717, 1.165) is 22.6 Å². The molecule has 3 rings (SSSR count). The van der Waals surface area contributed by atoms with Crippen molar-refractivity contribution in [3.63, 3.8) is 0 Å². The van der Waals surface area contributed by atoms with Crippen LogP contribution in [0.15, 0.2) is 40.8 Å². The fourth-order valence-electron chi connectivity index (χ4n) is 3.33. The number of nitrogens with one attached hydrogen (secondary N) is 1. The van der Waals surface area contributed by atoms with E-state index in [9.17, 15) is 4.79 Å². The van der Waals surface area contributed by atoms with Gasteiger partial charge in [0.2, 0.25) is 11.8 Å². The number of thioether (sulfide) groups is 1. The number of amides is 1. The van der Waals surface area contributed by atoms with Crippen LogP contribution in [-0.4, -0.2) is 51.6 Å². The second-order valence-corrected chi connectivity index (χ2v) is 8.36. The van der Waals surface area contributed by atoms with Crippen molar-refractivity contribution in [3.05, 3.63) is 53.4 Å². The average Bonchev–Trinajstić information content (AvgIpc) is 3.23. The van der Waals surface area contributed by atoms with Crippen molar-refractivity contribution in [3.8, 4) is 34.5 Å². The molecule has 182 valence electrons. The monoisotopic (exact) mass is 486 g/mol. The van der Waals surface area contributed by atoms with Crippen LogP contribution in [-0.2, 0) is 17.0 Å². The van der Waals surface area contributed by atoms with Crippen molar-refractivity contribution in [2.75, 3.05) is 40.7 Å². The summed E-state index contributed by atoms with van der Waals surface area (Å²) in [6.07, 6.45) is 0.702. The Hall–Kier alpha value is -3.33. The van der Waals surface area contributed by atoms with E-state index < -0.39 is 0 Å². The number of ether oxygens (including phenoxy) is 4. The van der Waals surface area contributed by atoms with Crippen molar-refractivity contribution < 1.29 is 28.2 Å². The van der Waals surface area contributed by atoms with E-state index in [-0.39, 0.29) is 5.91 Å². The standard InChI is InChI=1S/C25H30N2O6S/c1-16-19(27-25(33-16)18-7-9-21(30-3)23(13-18)32-5)14-34-15-24(28)26-11-10-17-6-8-20(29-2)22(12-17)31-4/h6-9,12-13H,10-11,14-15H2,1-5H3,(H,26,28). The lowest BCUT2D eigenvalue weighted by atomic mass is 10.1. The molecule has 9 heteroatoms. The number of aromatic nitrogens is 1. The Morgan fingerprint density at radius 3 is 2.26 bits per heavy atom. The quantitative estimate of drug-likeness (QED) is 0.406. The SMILES string of the molecule is COc1ccc(CCNC(=O)CSCc2nc(-c3ccc(OC)c(OC)c3)oc2C)cc1OC. The Morgan fingerprint density at radius 2 is 1.59 bits per heavy atom. The van der Waals surface area contributed by atoms with Crippen LogP contribution in [0.5, 0.6) is 23.0 Å². The molecule has 0 fully saturated rings. The molecule has 8 nitrogen and oxygen atoms in total. The van der Waals surface area contributed by atoms with Gasteiger partial charge in [0.1, 0.15) is 5.76 Å². The lowest BCUT2D eigenvalue weighted by molar-refractivity contribution is -0.118. The number of carbonyl (C=O) groups is 1. The van der Waals surface area contributed by atoms with Crippen molar-refractivity contribution in [2.45, 2.75) is 19.1 Å². The van der Waals surface area contributed by atoms with Gasteiger partial charge in [-0.05, 0) is 49.2 Å². The van der Waals surface area contributed by atoms with Crippen molar-refractivity contribution >= 4 is 17.7 Å². The van der Waals surface area contributed by atoms with Crippen LogP contribution in [0.1, 0.15) is 17.0 Å². The highest BCUT2D eigenvalue weighted by Crippen LogP contribution is 2.33. The van der Waals surface area contributed by atoms with Gasteiger partial charge in [0.05, 0.1) is 39.9 Å². The van der Waals surface area contributed by atoms with Crippen LogP contribution in [0.25, 0.3) is 11.5 Å². The van der Waals surface area contributed by atoms with Gasteiger partial charge >= 0.3 is 0 Å². The zero-order chi connectivity index (χ0) is 24.5. The van der Waals surface area contributed by atoms with E-state index in [0.29, 0.717) is 53.4 Å². The number of hydrogen-bond acceptors (Lipinski definition) is 8. The molecule has 0 radical (unpaired) electrons. The molecule has 0 saturated carbocycles. The smallest absolute Gasteiger partial charge is 0.230 e. The maximum atomic E-state index is 12.2. The Kier molecular flexibility index (Phi) is 9.09. The fourth-order valence-corrected chi connectivity index (χ4v) is 4.18. The third kappa shape index (κ3) is 6.38. The molecule has 0 spiro atoms. The number of hydrogen-bond donors (Lipinski definition) is 1. The molecule has 34 heavy (non-hydrogen) atoms. The zero-order valence-electron chi connectivity index (χ0n) is 20.1. The summed E-state index contributed by atoms with van der Waals surface area (Å²) in [4.78, 5) is 16.8. The third-order valence-corrected chi connectivity index (χ3v) is 6.12. The average molecular weight is 487 g/mol. The van der Waals surface area contributed by atoms with Gasteiger partial charge in [-0.2, -0.15) is 0 Å². The van der Waals surface area contributed by atoms with Crippen LogP contribution < -0.4 is 24.3 Å². The van der Waals surface area contributed by atoms with Crippen molar-refractivity contribution in [2.24, 2.45) is 0 Å². The lowest BCUT2D eigenvalue weighted by Crippen LogP contribution is -2.27. The zero-order valence-corrected chi connectivity index (χ0v) is 20.9. The van der Waals surface area contributed by atoms with Gasteiger partial charge < -0.3 is 28.7 Å². The summed E-state index contributed by atoms with van der Waals surface area (Å²) in [5, 5.41) is 2.95. The number of carbonyl (C=O) groups excluding carboxylic acids is 1. The third-order valence-electron chi connectivity index (χ3n) is 5.18. The minimum atomic E-state index is -0.0215. The maximum Gasteiger partial charge on any atom is 0.230 e. The van der Waals surface area contributed by atoms with E-state index in [4.69, 9.17) is 23.4 Å². The summed E-state index contributed by atoms with van der Waals surface area (Å²) >= 11 is 1.49. The molecule has 1 N–H and O–H groups in total. The number of aryl methyl sites for hydroxylation is 1. The Labute approximate surface area is 203 Å². The highest BCUT2D eigenvalue weighted by Gasteiger charge is 2.15. The molecule has 1 aromatic heterocycles. The highest BCUT2D eigenvalue weighted by atomic mass is 32.2. The van der Waals surface area contributed by atoms with Gasteiger partial charge in [-0.3, -0.25) is 4.79 Å². The fraction of sp³-hybridized carbons (Fsp3) is 0.360. The van der Waals surface area contributed by atoms with E-state index in [1.54, 1.807) is 28.4 Å². The van der Waals surface area contributed by atoms with Gasteiger partial charge in [0, 0.05) is 17.9 Å². The molecule has 2 aromatic carbocycles. The van der Waals surface area contributed by atoms with Gasteiger partial charge in [0.15, 0.2) is 23.0 Å². The van der Waals surface area contributed by atoms with Gasteiger partial charge in [-0.25, -0.2) is 4.98 Å². The first kappa shape index (κ1) is 25.3. The maximum absolute atomic E-state index is 12.2. The lowest BCUT2D eigenvalue weighted by Gasteiger charge is -2.10. The topological polar surface area (TPSA) is 92.1 Å². The van der Waals surface area contributed by atoms with E-state index >= 15 is 0 Å². The van der Waals surface area contributed by atoms with Gasteiger partial charge in [0.25, 0.3) is 0 Å². The van der Waals surface area contributed by atoms with E-state index in [1.165, 1.54) is 11.8 Å². The molecular formula is C25H30N2O6S. The summed E-state index contributed by atoms with van der Waals surface area (Å²) < 4.78 is 27.0. The highest BCUT2D eigenvalue weighted by molar-refractivity contribution is 7.99. The molecule has 0 aliphatic rings. The number of benzene rings is 2. The summed E-state index contributed by atoms with van der Waals surface area (Å²) in [7, 11) is 6.39. The molecule has 0 bridgehead atoms. The van der Waals surface area contributed by atoms with Crippen LogP contribution in [0, 0.1) is 6.92 Å². The molecule has 3 aromatic rings. The van der Waals surface area contributed by atoms with E-state index in [1.807, 2.05) is 43.3 Å². The molecule has 1 amide bonds. The number of oxazole rings is 1. The molecule has 0 aliphatic carbocycles. The minimum Gasteiger partial charge on any atom is -0.493 e. The molecule has 0 saturated heterocycles. The summed E-state index contributed by atoms with van der Waals surface area (Å²) in [5.41, 5.74) is 2.67. The summed E-state index contributed by atoms with van der Waals surface area (Å²) in [6.45, 7) is 2.41. The van der Waals surface area contributed by atoms with Crippen molar-refractivity contribution in [1.29, 1.82) is 0 Å².